The maximum atomic E-state index is 5.58. The third kappa shape index (κ3) is 4.50. The van der Waals surface area contributed by atoms with Gasteiger partial charge in [0.15, 0.2) is 5.11 Å². The highest BCUT2D eigenvalue weighted by molar-refractivity contribution is 7.80. The van der Waals surface area contributed by atoms with E-state index in [1.807, 2.05) is 13.8 Å². The maximum Gasteiger partial charge on any atom is 0.248 e. The number of nitrogens with two attached hydrogens (primary N) is 1. The van der Waals surface area contributed by atoms with Crippen molar-refractivity contribution in [3.05, 3.63) is 12.0 Å². The minimum Gasteiger partial charge on any atom is -0.495 e. The van der Waals surface area contributed by atoms with E-state index >= 15 is 0 Å². The quantitative estimate of drug-likeness (QED) is 0.430. The molecule has 1 atom stereocenters. The molecule has 0 amide bonds. The Morgan fingerprint density at radius 2 is 2.44 bits per heavy atom. The van der Waals surface area contributed by atoms with Crippen molar-refractivity contribution in [3.8, 4) is 0 Å². The van der Waals surface area contributed by atoms with Gasteiger partial charge in [-0.05, 0) is 26.1 Å². The summed E-state index contributed by atoms with van der Waals surface area (Å²) in [6, 6.07) is 0. The van der Waals surface area contributed by atoms with Crippen LogP contribution in [-0.2, 0) is 14.2 Å². The predicted octanol–water partition coefficient (Wildman–Crippen LogP) is 1.23. The number of hydrazone groups is 1. The Kier molecular flexibility index (Phi) is 5.87. The Bertz CT molecular complexity index is 346. The van der Waals surface area contributed by atoms with Gasteiger partial charge in [0.2, 0.25) is 5.79 Å². The van der Waals surface area contributed by atoms with Gasteiger partial charge in [0, 0.05) is 19.4 Å². The molecule has 1 rings (SSSR count). The van der Waals surface area contributed by atoms with E-state index in [9.17, 15) is 0 Å². The van der Waals surface area contributed by atoms with E-state index in [1.54, 1.807) is 6.26 Å². The number of allylic oxidation sites excluding steroid dienone is 1. The van der Waals surface area contributed by atoms with Crippen LogP contribution in [0.3, 0.4) is 0 Å². The molecule has 0 radical (unpaired) electrons. The Morgan fingerprint density at radius 1 is 1.67 bits per heavy atom. The van der Waals surface area contributed by atoms with E-state index in [-0.39, 0.29) is 5.11 Å². The van der Waals surface area contributed by atoms with Crippen LogP contribution in [0.15, 0.2) is 17.1 Å². The second-order valence-electron chi connectivity index (χ2n) is 3.61. The van der Waals surface area contributed by atoms with Gasteiger partial charge in [0.1, 0.15) is 12.0 Å². The summed E-state index contributed by atoms with van der Waals surface area (Å²) < 4.78 is 16.5. The number of nitrogens with one attached hydrogen (secondary N) is 1. The van der Waals surface area contributed by atoms with Gasteiger partial charge in [-0.15, -0.1) is 0 Å². The van der Waals surface area contributed by atoms with Crippen molar-refractivity contribution >= 4 is 23.5 Å². The van der Waals surface area contributed by atoms with Crippen molar-refractivity contribution in [2.75, 3.05) is 13.2 Å². The van der Waals surface area contributed by atoms with Crippen LogP contribution in [0.4, 0.5) is 0 Å². The van der Waals surface area contributed by atoms with Gasteiger partial charge >= 0.3 is 0 Å². The summed E-state index contributed by atoms with van der Waals surface area (Å²) >= 11 is 4.66. The summed E-state index contributed by atoms with van der Waals surface area (Å²) in [4.78, 5) is 0. The predicted molar refractivity (Wildman–Crippen MR) is 72.8 cm³/mol. The smallest absolute Gasteiger partial charge is 0.248 e. The largest absolute Gasteiger partial charge is 0.495 e. The van der Waals surface area contributed by atoms with Crippen molar-refractivity contribution in [2.45, 2.75) is 32.5 Å². The molecule has 102 valence electrons. The molecule has 7 heteroatoms. The Morgan fingerprint density at radius 3 is 2.94 bits per heavy atom. The first kappa shape index (κ1) is 14.7. The van der Waals surface area contributed by atoms with Crippen LogP contribution in [0, 0.1) is 0 Å². The van der Waals surface area contributed by atoms with E-state index in [2.05, 4.69) is 22.7 Å². The first-order valence-electron chi connectivity index (χ1n) is 5.85. The number of ether oxygens (including phenoxy) is 3. The van der Waals surface area contributed by atoms with Gasteiger partial charge < -0.3 is 19.9 Å². The molecule has 0 fully saturated rings. The van der Waals surface area contributed by atoms with Crippen LogP contribution >= 0.6 is 12.2 Å². The summed E-state index contributed by atoms with van der Waals surface area (Å²) in [5.41, 5.74) is 7.76. The van der Waals surface area contributed by atoms with Crippen molar-refractivity contribution < 1.29 is 14.2 Å². The summed E-state index contributed by atoms with van der Waals surface area (Å²) in [7, 11) is 0. The fourth-order valence-electron chi connectivity index (χ4n) is 1.55. The molecule has 0 aromatic carbocycles. The van der Waals surface area contributed by atoms with Gasteiger partial charge in [-0.25, -0.2) is 0 Å². The number of nitrogens with zero attached hydrogens (tertiary/aromatic N) is 1. The third-order valence-corrected chi connectivity index (χ3v) is 2.36. The monoisotopic (exact) mass is 273 g/mol. The highest BCUT2D eigenvalue weighted by Crippen LogP contribution is 2.27. The topological polar surface area (TPSA) is 78.1 Å². The Labute approximate surface area is 112 Å². The average molecular weight is 273 g/mol. The number of hydrogen-bond donors (Lipinski definition) is 2. The molecule has 0 aromatic rings. The molecule has 0 bridgehead atoms. The van der Waals surface area contributed by atoms with Gasteiger partial charge in [0.05, 0.1) is 12.8 Å². The summed E-state index contributed by atoms with van der Waals surface area (Å²) in [6.45, 7) is 4.95. The molecule has 0 spiro atoms. The fraction of sp³-hybridized carbons (Fsp3) is 0.636. The second kappa shape index (κ2) is 7.17. The minimum atomic E-state index is -0.882. The van der Waals surface area contributed by atoms with Crippen LogP contribution in [0.1, 0.15) is 26.7 Å². The van der Waals surface area contributed by atoms with Crippen LogP contribution in [-0.4, -0.2) is 30.3 Å². The lowest BCUT2D eigenvalue weighted by Crippen LogP contribution is -2.40. The van der Waals surface area contributed by atoms with Crippen LogP contribution in [0.25, 0.3) is 0 Å². The first-order chi connectivity index (χ1) is 8.62. The summed E-state index contributed by atoms with van der Waals surface area (Å²) in [5.74, 6) is -0.0730. The number of hydrogen-bond acceptors (Lipinski definition) is 5. The number of thiocarbonyl (C=S) groups is 1. The lowest BCUT2D eigenvalue weighted by atomic mass is 10.1. The molecule has 6 nitrogen and oxygen atoms in total. The zero-order valence-electron chi connectivity index (χ0n) is 10.6. The van der Waals surface area contributed by atoms with E-state index in [0.29, 0.717) is 19.6 Å². The van der Waals surface area contributed by atoms with Gasteiger partial charge in [0.25, 0.3) is 0 Å². The fourth-order valence-corrected chi connectivity index (χ4v) is 1.60. The van der Waals surface area contributed by atoms with Gasteiger partial charge in [-0.1, -0.05) is 0 Å². The normalized spacial score (nSPS) is 23.3. The lowest BCUT2D eigenvalue weighted by Gasteiger charge is -2.32. The van der Waals surface area contributed by atoms with E-state index in [0.717, 1.165) is 12.2 Å². The Balaban J connectivity index is 2.66. The number of rotatable bonds is 6. The summed E-state index contributed by atoms with van der Waals surface area (Å²) in [6.07, 6.45) is 4.44. The summed E-state index contributed by atoms with van der Waals surface area (Å²) in [5, 5.41) is 3.99. The molecule has 0 saturated carbocycles. The maximum absolute atomic E-state index is 5.58. The SMILES string of the molecule is CCOC1=COC(/C=N/NC(N)=S)(OCC)CC1. The van der Waals surface area contributed by atoms with E-state index < -0.39 is 5.79 Å². The minimum absolute atomic E-state index is 0.0965. The van der Waals surface area contributed by atoms with Gasteiger partial charge in [-0.2, -0.15) is 5.10 Å². The van der Waals surface area contributed by atoms with E-state index in [1.165, 1.54) is 6.21 Å². The molecule has 18 heavy (non-hydrogen) atoms. The second-order valence-corrected chi connectivity index (χ2v) is 4.05. The molecule has 1 unspecified atom stereocenters. The first-order valence-corrected chi connectivity index (χ1v) is 6.26. The standard InChI is InChI=1S/C11H19N3O3S/c1-3-15-9-5-6-11(16-4-2,17-7-9)8-13-14-10(12)18/h7-8H,3-6H2,1-2H3,(H3,12,14,18)/b13-8+. The van der Waals surface area contributed by atoms with Crippen LogP contribution in [0.5, 0.6) is 0 Å². The van der Waals surface area contributed by atoms with E-state index in [4.69, 9.17) is 19.9 Å². The molecular formula is C11H19N3O3S. The molecule has 1 heterocycles. The van der Waals surface area contributed by atoms with Gasteiger partial charge in [-0.3, -0.25) is 5.43 Å². The van der Waals surface area contributed by atoms with Crippen molar-refractivity contribution in [1.82, 2.24) is 5.43 Å². The van der Waals surface area contributed by atoms with Crippen molar-refractivity contribution in [1.29, 1.82) is 0 Å². The molecule has 0 aliphatic carbocycles. The molecule has 0 saturated heterocycles. The third-order valence-electron chi connectivity index (χ3n) is 2.26. The molecule has 1 aliphatic rings. The molecule has 3 N–H and O–H groups in total. The van der Waals surface area contributed by atoms with Crippen molar-refractivity contribution in [3.63, 3.8) is 0 Å². The zero-order valence-corrected chi connectivity index (χ0v) is 11.5. The van der Waals surface area contributed by atoms with Crippen LogP contribution < -0.4 is 11.2 Å². The molecule has 1 aliphatic heterocycles. The zero-order chi connectivity index (χ0) is 13.4. The molecule has 0 aromatic heterocycles. The average Bonchev–Trinajstić information content (AvgIpc) is 2.32. The van der Waals surface area contributed by atoms with Crippen molar-refractivity contribution in [2.24, 2.45) is 10.8 Å². The highest BCUT2D eigenvalue weighted by atomic mass is 32.1. The lowest BCUT2D eigenvalue weighted by molar-refractivity contribution is -0.164. The molecular weight excluding hydrogens is 254 g/mol. The van der Waals surface area contributed by atoms with Crippen LogP contribution in [0.2, 0.25) is 0 Å². The Hall–Kier alpha value is -1.34. The highest BCUT2D eigenvalue weighted by Gasteiger charge is 2.34.